The van der Waals surface area contributed by atoms with Crippen LogP contribution in [0.5, 0.6) is 0 Å². The lowest BCUT2D eigenvalue weighted by molar-refractivity contribution is 0.945. The van der Waals surface area contributed by atoms with E-state index < -0.39 is 0 Å². The second kappa shape index (κ2) is 3.96. The Morgan fingerprint density at radius 2 is 2.11 bits per heavy atom. The van der Waals surface area contributed by atoms with E-state index in [0.29, 0.717) is 16.4 Å². The molecule has 2 aromatic heterocycles. The number of halogens is 1. The lowest BCUT2D eigenvalue weighted by Crippen LogP contribution is -2.11. The summed E-state index contributed by atoms with van der Waals surface area (Å²) in [5, 5.41) is 6.89. The van der Waals surface area contributed by atoms with Crippen LogP contribution in [0.4, 0.5) is 0 Å². The fourth-order valence-corrected chi connectivity index (χ4v) is 1.96. The molecule has 0 saturated carbocycles. The van der Waals surface area contributed by atoms with Crippen molar-refractivity contribution in [2.45, 2.75) is 6.92 Å². The number of aromatic amines is 2. The number of aromatic nitrogens is 4. The van der Waals surface area contributed by atoms with Gasteiger partial charge in [0.1, 0.15) is 5.82 Å². The molecule has 0 unspecified atom stereocenters. The summed E-state index contributed by atoms with van der Waals surface area (Å²) in [5.41, 5.74) is 2.48. The zero-order valence-electron chi connectivity index (χ0n) is 9.49. The SMILES string of the molecule is Cc1cc(-c2nc3ccc(Cl)cc3[nH]2)c(=O)[nH]n1. The molecule has 0 fully saturated rings. The number of benzene rings is 1. The van der Waals surface area contributed by atoms with Crippen molar-refractivity contribution in [2.24, 2.45) is 0 Å². The average molecular weight is 261 g/mol. The quantitative estimate of drug-likeness (QED) is 0.705. The first-order valence-electron chi connectivity index (χ1n) is 5.35. The third kappa shape index (κ3) is 1.78. The number of nitrogens with one attached hydrogen (secondary N) is 2. The molecule has 2 N–H and O–H groups in total. The largest absolute Gasteiger partial charge is 0.338 e. The van der Waals surface area contributed by atoms with Crippen LogP contribution in [0.15, 0.2) is 29.1 Å². The minimum absolute atomic E-state index is 0.272. The van der Waals surface area contributed by atoms with Crippen LogP contribution >= 0.6 is 11.6 Å². The van der Waals surface area contributed by atoms with Crippen molar-refractivity contribution < 1.29 is 0 Å². The van der Waals surface area contributed by atoms with Gasteiger partial charge in [0.05, 0.1) is 22.3 Å². The van der Waals surface area contributed by atoms with Crippen LogP contribution in [-0.2, 0) is 0 Å². The predicted molar refractivity (Wildman–Crippen MR) is 69.7 cm³/mol. The third-order valence-corrected chi connectivity index (χ3v) is 2.87. The van der Waals surface area contributed by atoms with E-state index in [1.54, 1.807) is 31.2 Å². The van der Waals surface area contributed by atoms with Gasteiger partial charge in [-0.1, -0.05) is 11.6 Å². The first kappa shape index (κ1) is 11.0. The van der Waals surface area contributed by atoms with Gasteiger partial charge in [-0.3, -0.25) is 4.79 Å². The molecular weight excluding hydrogens is 252 g/mol. The van der Waals surface area contributed by atoms with E-state index in [2.05, 4.69) is 20.2 Å². The fourth-order valence-electron chi connectivity index (χ4n) is 1.79. The first-order valence-corrected chi connectivity index (χ1v) is 5.73. The van der Waals surface area contributed by atoms with E-state index in [-0.39, 0.29) is 5.56 Å². The minimum Gasteiger partial charge on any atom is -0.338 e. The van der Waals surface area contributed by atoms with Crippen LogP contribution in [0, 0.1) is 6.92 Å². The summed E-state index contributed by atoms with van der Waals surface area (Å²) in [4.78, 5) is 19.2. The maximum atomic E-state index is 11.7. The van der Waals surface area contributed by atoms with Crippen molar-refractivity contribution in [2.75, 3.05) is 0 Å². The Morgan fingerprint density at radius 1 is 1.28 bits per heavy atom. The van der Waals surface area contributed by atoms with Crippen LogP contribution < -0.4 is 5.56 Å². The number of hydrogen-bond donors (Lipinski definition) is 2. The Balaban J connectivity index is 2.25. The Hall–Kier alpha value is -2.14. The molecule has 3 rings (SSSR count). The summed E-state index contributed by atoms with van der Waals surface area (Å²) in [6.45, 7) is 1.80. The van der Waals surface area contributed by atoms with E-state index in [0.717, 1.165) is 16.7 Å². The van der Waals surface area contributed by atoms with Gasteiger partial charge >= 0.3 is 0 Å². The zero-order chi connectivity index (χ0) is 12.7. The number of rotatable bonds is 1. The van der Waals surface area contributed by atoms with Crippen molar-refractivity contribution in [3.8, 4) is 11.4 Å². The predicted octanol–water partition coefficient (Wildman–Crippen LogP) is 2.28. The topological polar surface area (TPSA) is 74.4 Å². The highest BCUT2D eigenvalue weighted by Crippen LogP contribution is 2.21. The van der Waals surface area contributed by atoms with Crippen LogP contribution in [0.2, 0.25) is 5.02 Å². The minimum atomic E-state index is -0.272. The van der Waals surface area contributed by atoms with Crippen molar-refractivity contribution in [3.63, 3.8) is 0 Å². The maximum absolute atomic E-state index is 11.7. The Morgan fingerprint density at radius 3 is 2.94 bits per heavy atom. The van der Waals surface area contributed by atoms with E-state index in [9.17, 15) is 4.79 Å². The van der Waals surface area contributed by atoms with Crippen LogP contribution in [0.3, 0.4) is 0 Å². The molecule has 0 spiro atoms. The summed E-state index contributed by atoms with van der Waals surface area (Å²) in [7, 11) is 0. The summed E-state index contributed by atoms with van der Waals surface area (Å²) in [5.74, 6) is 0.513. The van der Waals surface area contributed by atoms with Crippen molar-refractivity contribution in [1.29, 1.82) is 0 Å². The number of hydrogen-bond acceptors (Lipinski definition) is 3. The molecule has 18 heavy (non-hydrogen) atoms. The van der Waals surface area contributed by atoms with Gasteiger partial charge in [-0.05, 0) is 31.2 Å². The lowest BCUT2D eigenvalue weighted by Gasteiger charge is -1.95. The fraction of sp³-hybridized carbons (Fsp3) is 0.0833. The summed E-state index contributed by atoms with van der Waals surface area (Å²) >= 11 is 5.90. The average Bonchev–Trinajstić information content (AvgIpc) is 2.74. The van der Waals surface area contributed by atoms with Crippen LogP contribution in [0.25, 0.3) is 22.4 Å². The summed E-state index contributed by atoms with van der Waals surface area (Å²) < 4.78 is 0. The number of aryl methyl sites for hydroxylation is 1. The summed E-state index contributed by atoms with van der Waals surface area (Å²) in [6.07, 6.45) is 0. The number of nitrogens with zero attached hydrogens (tertiary/aromatic N) is 2. The molecule has 2 heterocycles. The van der Waals surface area contributed by atoms with Crippen LogP contribution in [-0.4, -0.2) is 20.2 Å². The van der Waals surface area contributed by atoms with Crippen molar-refractivity contribution in [1.82, 2.24) is 20.2 Å². The number of H-pyrrole nitrogens is 2. The van der Waals surface area contributed by atoms with Gasteiger partial charge in [-0.15, -0.1) is 0 Å². The van der Waals surface area contributed by atoms with E-state index in [4.69, 9.17) is 11.6 Å². The van der Waals surface area contributed by atoms with Gasteiger partial charge in [0.15, 0.2) is 0 Å². The van der Waals surface area contributed by atoms with Gasteiger partial charge in [-0.2, -0.15) is 5.10 Å². The number of imidazole rings is 1. The second-order valence-corrected chi connectivity index (χ2v) is 4.44. The molecule has 3 aromatic rings. The molecule has 0 amide bonds. The lowest BCUT2D eigenvalue weighted by atomic mass is 10.2. The standard InChI is InChI=1S/C12H9ClN4O/c1-6-4-8(12(18)17-16-6)11-14-9-3-2-7(13)5-10(9)15-11/h2-5H,1H3,(H,14,15)(H,17,18). The normalized spacial score (nSPS) is 11.0. The third-order valence-electron chi connectivity index (χ3n) is 2.63. The van der Waals surface area contributed by atoms with E-state index in [1.807, 2.05) is 0 Å². The smallest absolute Gasteiger partial charge is 0.275 e. The van der Waals surface area contributed by atoms with Crippen molar-refractivity contribution >= 4 is 22.6 Å². The maximum Gasteiger partial charge on any atom is 0.275 e. The first-order chi connectivity index (χ1) is 8.63. The zero-order valence-corrected chi connectivity index (χ0v) is 10.2. The molecule has 0 aliphatic heterocycles. The monoisotopic (exact) mass is 260 g/mol. The van der Waals surface area contributed by atoms with Gasteiger partial charge in [0.25, 0.3) is 5.56 Å². The highest BCUT2D eigenvalue weighted by molar-refractivity contribution is 6.31. The molecule has 0 atom stereocenters. The highest BCUT2D eigenvalue weighted by atomic mass is 35.5. The van der Waals surface area contributed by atoms with E-state index >= 15 is 0 Å². The molecule has 5 nitrogen and oxygen atoms in total. The molecule has 6 heteroatoms. The molecule has 0 saturated heterocycles. The Labute approximate surface area is 107 Å². The Kier molecular flexibility index (Phi) is 2.41. The van der Waals surface area contributed by atoms with Crippen molar-refractivity contribution in [3.05, 3.63) is 45.3 Å². The van der Waals surface area contributed by atoms with Gasteiger partial charge in [0.2, 0.25) is 0 Å². The summed E-state index contributed by atoms with van der Waals surface area (Å²) in [6, 6.07) is 7.03. The molecule has 1 aromatic carbocycles. The Bertz CT molecular complexity index is 790. The van der Waals surface area contributed by atoms with Gasteiger partial charge < -0.3 is 4.98 Å². The van der Waals surface area contributed by atoms with E-state index in [1.165, 1.54) is 0 Å². The molecule has 0 bridgehead atoms. The highest BCUT2D eigenvalue weighted by Gasteiger charge is 2.09. The van der Waals surface area contributed by atoms with Gasteiger partial charge in [-0.25, -0.2) is 10.1 Å². The molecule has 0 aliphatic carbocycles. The van der Waals surface area contributed by atoms with Crippen LogP contribution in [0.1, 0.15) is 5.69 Å². The second-order valence-electron chi connectivity index (χ2n) is 4.00. The molecule has 0 radical (unpaired) electrons. The molecular formula is C12H9ClN4O. The molecule has 0 aliphatic rings. The van der Waals surface area contributed by atoms with Gasteiger partial charge in [0, 0.05) is 5.02 Å². The number of fused-ring (bicyclic) bond motifs is 1. The molecule has 90 valence electrons.